The molecule has 4 N–H and O–H groups in total. The van der Waals surface area contributed by atoms with E-state index in [2.05, 4.69) is 0 Å². The molecule has 0 fully saturated rings. The second-order valence-electron chi connectivity index (χ2n) is 4.86. The molecule has 0 bridgehead atoms. The largest absolute Gasteiger partial charge is 0.508 e. The summed E-state index contributed by atoms with van der Waals surface area (Å²) in [5.41, 5.74) is 1.18. The number of phenolic OH excluding ortho intramolecular Hbond substituents is 2. The number of rotatable bonds is 2. The van der Waals surface area contributed by atoms with Gasteiger partial charge in [-0.05, 0) is 12.1 Å². The molecule has 0 atom stereocenters. The fourth-order valence-electron chi connectivity index (χ4n) is 2.15. The molecule has 0 aliphatic heterocycles. The predicted molar refractivity (Wildman–Crippen MR) is 83.4 cm³/mol. The number of phenols is 2. The summed E-state index contributed by atoms with van der Waals surface area (Å²) in [5, 5.41) is 47.3. The van der Waals surface area contributed by atoms with E-state index >= 15 is 0 Å². The summed E-state index contributed by atoms with van der Waals surface area (Å²) in [6.07, 6.45) is 1.50. The zero-order chi connectivity index (χ0) is 17.9. The third-order valence-corrected chi connectivity index (χ3v) is 3.15. The molecule has 0 radical (unpaired) electrons. The van der Waals surface area contributed by atoms with Crippen LogP contribution >= 0.6 is 0 Å². The van der Waals surface area contributed by atoms with Crippen LogP contribution in [-0.2, 0) is 5.41 Å². The number of benzene rings is 2. The summed E-state index contributed by atoms with van der Waals surface area (Å²) in [6, 6.07) is 14.4. The molecule has 6 heteroatoms. The van der Waals surface area contributed by atoms with Gasteiger partial charge in [0.25, 0.3) is 12.5 Å². The quantitative estimate of drug-likeness (QED) is 0.630. The highest BCUT2D eigenvalue weighted by atomic mass is 16.3. The maximum Gasteiger partial charge on any atom is 0.283 e. The van der Waals surface area contributed by atoms with E-state index in [1.165, 1.54) is 0 Å². The van der Waals surface area contributed by atoms with E-state index < -0.39 is 5.41 Å². The van der Waals surface area contributed by atoms with E-state index in [0.29, 0.717) is 0 Å². The first-order valence-electron chi connectivity index (χ1n) is 6.50. The van der Waals surface area contributed by atoms with Crippen LogP contribution in [0.15, 0.2) is 48.5 Å². The molecule has 23 heavy (non-hydrogen) atoms. The first-order chi connectivity index (χ1) is 10.9. The molecular weight excluding hydrogens is 296 g/mol. The summed E-state index contributed by atoms with van der Waals surface area (Å²) in [5.74, 6) is 0.501. The van der Waals surface area contributed by atoms with E-state index in [9.17, 15) is 10.2 Å². The van der Waals surface area contributed by atoms with Crippen molar-refractivity contribution < 1.29 is 20.4 Å². The van der Waals surface area contributed by atoms with Gasteiger partial charge in [0, 0.05) is 16.5 Å². The molecule has 0 saturated heterocycles. The maximum atomic E-state index is 9.92. The molecule has 6 nitrogen and oxygen atoms in total. The van der Waals surface area contributed by atoms with E-state index in [0.717, 1.165) is 23.6 Å². The number of aromatic hydroxyl groups is 2. The average Bonchev–Trinajstić information content (AvgIpc) is 2.49. The van der Waals surface area contributed by atoms with Crippen molar-refractivity contribution in [1.29, 1.82) is 10.5 Å². The van der Waals surface area contributed by atoms with Gasteiger partial charge in [-0.15, -0.1) is 0 Å². The van der Waals surface area contributed by atoms with Crippen molar-refractivity contribution in [1.82, 2.24) is 0 Å². The second kappa shape index (κ2) is 9.54. The Morgan fingerprint density at radius 1 is 0.739 bits per heavy atom. The highest BCUT2D eigenvalue weighted by Gasteiger charge is 2.28. The molecule has 0 aliphatic carbocycles. The van der Waals surface area contributed by atoms with Crippen molar-refractivity contribution in [2.45, 2.75) is 19.3 Å². The smallest absolute Gasteiger partial charge is 0.283 e. The summed E-state index contributed by atoms with van der Waals surface area (Å²) in [4.78, 5) is 0. The van der Waals surface area contributed by atoms with Crippen molar-refractivity contribution in [3.8, 4) is 24.0 Å². The first-order valence-corrected chi connectivity index (χ1v) is 6.50. The molecular formula is C17H18N2O4. The summed E-state index contributed by atoms with van der Waals surface area (Å²) in [6.45, 7) is 3.97. The zero-order valence-electron chi connectivity index (χ0n) is 12.8. The number of hydrogen-bond acceptors (Lipinski definition) is 6. The minimum Gasteiger partial charge on any atom is -0.508 e. The average molecular weight is 314 g/mol. The van der Waals surface area contributed by atoms with Crippen molar-refractivity contribution in [2.75, 3.05) is 0 Å². The van der Waals surface area contributed by atoms with E-state index in [4.69, 9.17) is 20.7 Å². The van der Waals surface area contributed by atoms with Crippen LogP contribution in [0.5, 0.6) is 11.5 Å². The van der Waals surface area contributed by atoms with Crippen LogP contribution in [0.4, 0.5) is 0 Å². The molecule has 2 aromatic rings. The third-order valence-electron chi connectivity index (χ3n) is 3.15. The lowest BCUT2D eigenvalue weighted by Gasteiger charge is -2.27. The molecule has 0 heterocycles. The SMILES string of the molecule is CC(C)(c1ccccc1O)c1ccccc1O.N#CO.N#CO. The van der Waals surface area contributed by atoms with Crippen LogP contribution in [0.3, 0.4) is 0 Å². The van der Waals surface area contributed by atoms with Crippen LogP contribution in [0.2, 0.25) is 0 Å². The summed E-state index contributed by atoms with van der Waals surface area (Å²) in [7, 11) is 0. The molecule has 120 valence electrons. The molecule has 0 aliphatic rings. The summed E-state index contributed by atoms with van der Waals surface area (Å²) >= 11 is 0. The lowest BCUT2D eigenvalue weighted by Crippen LogP contribution is -2.19. The molecule has 0 unspecified atom stereocenters. The summed E-state index contributed by atoms with van der Waals surface area (Å²) < 4.78 is 0. The van der Waals surface area contributed by atoms with Gasteiger partial charge < -0.3 is 20.4 Å². The van der Waals surface area contributed by atoms with Gasteiger partial charge in [0.05, 0.1) is 0 Å². The molecule has 2 rings (SSSR count). The number of aliphatic hydroxyl groups excluding tert-OH is 2. The lowest BCUT2D eigenvalue weighted by atomic mass is 9.77. The fraction of sp³-hybridized carbons (Fsp3) is 0.176. The number of nitrogens with zero attached hydrogens (tertiary/aromatic N) is 2. The number of aliphatic hydroxyl groups is 2. The molecule has 2 aromatic carbocycles. The topological polar surface area (TPSA) is 128 Å². The van der Waals surface area contributed by atoms with Crippen molar-refractivity contribution >= 4 is 0 Å². The normalized spacial score (nSPS) is 9.04. The Labute approximate surface area is 134 Å². The predicted octanol–water partition coefficient (Wildman–Crippen LogP) is 3.10. The van der Waals surface area contributed by atoms with Gasteiger partial charge in [-0.2, -0.15) is 10.5 Å². The minimum atomic E-state index is -0.434. The van der Waals surface area contributed by atoms with E-state index in [1.54, 1.807) is 24.3 Å². The molecule has 0 spiro atoms. The van der Waals surface area contributed by atoms with E-state index in [-0.39, 0.29) is 11.5 Å². The Morgan fingerprint density at radius 2 is 1.00 bits per heavy atom. The third kappa shape index (κ3) is 5.49. The van der Waals surface area contributed by atoms with Crippen molar-refractivity contribution in [2.24, 2.45) is 0 Å². The zero-order valence-corrected chi connectivity index (χ0v) is 12.8. The van der Waals surface area contributed by atoms with Gasteiger partial charge in [-0.1, -0.05) is 50.2 Å². The first kappa shape index (κ1) is 19.6. The fourth-order valence-corrected chi connectivity index (χ4v) is 2.15. The van der Waals surface area contributed by atoms with Crippen molar-refractivity contribution in [3.05, 3.63) is 59.7 Å². The van der Waals surface area contributed by atoms with Gasteiger partial charge in [0.1, 0.15) is 11.5 Å². The number of hydrogen-bond donors (Lipinski definition) is 4. The Bertz CT molecular complexity index is 641. The van der Waals surface area contributed by atoms with Gasteiger partial charge in [0.2, 0.25) is 0 Å². The van der Waals surface area contributed by atoms with Crippen LogP contribution in [-0.4, -0.2) is 20.4 Å². The van der Waals surface area contributed by atoms with E-state index in [1.807, 2.05) is 38.1 Å². The van der Waals surface area contributed by atoms with Crippen LogP contribution < -0.4 is 0 Å². The van der Waals surface area contributed by atoms with Gasteiger partial charge in [-0.3, -0.25) is 0 Å². The van der Waals surface area contributed by atoms with Gasteiger partial charge in [0.15, 0.2) is 0 Å². The van der Waals surface area contributed by atoms with Crippen LogP contribution in [0.1, 0.15) is 25.0 Å². The maximum absolute atomic E-state index is 9.92. The van der Waals surface area contributed by atoms with Gasteiger partial charge in [-0.25, -0.2) is 0 Å². The number of para-hydroxylation sites is 2. The Morgan fingerprint density at radius 3 is 1.26 bits per heavy atom. The Kier molecular flexibility index (Phi) is 8.14. The second-order valence-corrected chi connectivity index (χ2v) is 4.86. The number of nitriles is 2. The molecule has 0 aromatic heterocycles. The molecule has 0 amide bonds. The van der Waals surface area contributed by atoms with Crippen molar-refractivity contribution in [3.63, 3.8) is 0 Å². The highest BCUT2D eigenvalue weighted by molar-refractivity contribution is 5.49. The molecule has 0 saturated carbocycles. The van der Waals surface area contributed by atoms with Crippen LogP contribution in [0.25, 0.3) is 0 Å². The standard InChI is InChI=1S/C15H16O2.2CHNO/c1-15(2,11-7-3-5-9-13(11)16)12-8-4-6-10-14(12)17;2*2-1-3/h3-10,16-17H,1-2H3;2*3H. The van der Waals surface area contributed by atoms with Gasteiger partial charge >= 0.3 is 0 Å². The Balaban J connectivity index is 0.000000704. The lowest BCUT2D eigenvalue weighted by molar-refractivity contribution is 0.435. The monoisotopic (exact) mass is 314 g/mol. The highest BCUT2D eigenvalue weighted by Crippen LogP contribution is 2.39. The van der Waals surface area contributed by atoms with Crippen LogP contribution in [0, 0.1) is 23.0 Å². The minimum absolute atomic E-state index is 0.251. The Hall–Kier alpha value is -3.38.